The third-order valence-corrected chi connectivity index (χ3v) is 4.90. The minimum Gasteiger partial charge on any atom is -0.418 e. The Morgan fingerprint density at radius 2 is 1.71 bits per heavy atom. The SMILES string of the molecule is CCCCC=CCC[Si](C)(C)OCC. The van der Waals surface area contributed by atoms with Gasteiger partial charge in [-0.1, -0.05) is 31.9 Å². The predicted molar refractivity (Wildman–Crippen MR) is 67.2 cm³/mol. The van der Waals surface area contributed by atoms with Gasteiger partial charge in [-0.25, -0.2) is 0 Å². The van der Waals surface area contributed by atoms with Crippen LogP contribution in [0.5, 0.6) is 0 Å². The van der Waals surface area contributed by atoms with E-state index in [1.165, 1.54) is 31.7 Å². The van der Waals surface area contributed by atoms with Crippen LogP contribution in [0.25, 0.3) is 0 Å². The van der Waals surface area contributed by atoms with Crippen molar-refractivity contribution >= 4 is 8.32 Å². The van der Waals surface area contributed by atoms with Crippen LogP contribution in [0, 0.1) is 0 Å². The first kappa shape index (κ1) is 13.9. The summed E-state index contributed by atoms with van der Waals surface area (Å²) >= 11 is 0. The molecule has 2 heteroatoms. The summed E-state index contributed by atoms with van der Waals surface area (Å²) in [7, 11) is -1.32. The van der Waals surface area contributed by atoms with Gasteiger partial charge < -0.3 is 4.43 Å². The monoisotopic (exact) mass is 214 g/mol. The molecule has 0 aromatic heterocycles. The van der Waals surface area contributed by atoms with Crippen LogP contribution < -0.4 is 0 Å². The smallest absolute Gasteiger partial charge is 0.186 e. The van der Waals surface area contributed by atoms with Gasteiger partial charge in [0.2, 0.25) is 0 Å². The molecule has 1 nitrogen and oxygen atoms in total. The van der Waals surface area contributed by atoms with Gasteiger partial charge in [-0.15, -0.1) is 0 Å². The highest BCUT2D eigenvalue weighted by molar-refractivity contribution is 6.71. The molecule has 84 valence electrons. The van der Waals surface area contributed by atoms with E-state index < -0.39 is 8.32 Å². The minimum atomic E-state index is -1.32. The third kappa shape index (κ3) is 8.51. The van der Waals surface area contributed by atoms with Crippen LogP contribution in [0.3, 0.4) is 0 Å². The summed E-state index contributed by atoms with van der Waals surface area (Å²) in [5, 5.41) is 0. The summed E-state index contributed by atoms with van der Waals surface area (Å²) in [6.07, 6.45) is 9.70. The Morgan fingerprint density at radius 3 is 2.29 bits per heavy atom. The zero-order valence-electron chi connectivity index (χ0n) is 10.3. The van der Waals surface area contributed by atoms with E-state index in [1.54, 1.807) is 0 Å². The van der Waals surface area contributed by atoms with Crippen molar-refractivity contribution in [1.82, 2.24) is 0 Å². The van der Waals surface area contributed by atoms with E-state index in [4.69, 9.17) is 4.43 Å². The molecule has 0 saturated carbocycles. The highest BCUT2D eigenvalue weighted by Crippen LogP contribution is 2.14. The summed E-state index contributed by atoms with van der Waals surface area (Å²) < 4.78 is 5.76. The van der Waals surface area contributed by atoms with Crippen LogP contribution in [0.2, 0.25) is 19.1 Å². The van der Waals surface area contributed by atoms with Crippen molar-refractivity contribution in [1.29, 1.82) is 0 Å². The maximum Gasteiger partial charge on any atom is 0.186 e. The first-order valence-electron chi connectivity index (χ1n) is 5.91. The first-order chi connectivity index (χ1) is 6.62. The molecule has 0 rings (SSSR count). The summed E-state index contributed by atoms with van der Waals surface area (Å²) in [6.45, 7) is 9.80. The van der Waals surface area contributed by atoms with Gasteiger partial charge in [-0.2, -0.15) is 0 Å². The van der Waals surface area contributed by atoms with E-state index in [0.29, 0.717) is 0 Å². The molecule has 0 fully saturated rings. The van der Waals surface area contributed by atoms with Crippen LogP contribution in [-0.4, -0.2) is 14.9 Å². The highest BCUT2D eigenvalue weighted by Gasteiger charge is 2.19. The second kappa shape index (κ2) is 8.24. The average molecular weight is 214 g/mol. The number of hydrogen-bond donors (Lipinski definition) is 0. The van der Waals surface area contributed by atoms with Gasteiger partial charge in [0.1, 0.15) is 0 Å². The predicted octanol–water partition coefficient (Wildman–Crippen LogP) is 4.36. The molecule has 0 aromatic rings. The van der Waals surface area contributed by atoms with E-state index >= 15 is 0 Å². The summed E-state index contributed by atoms with van der Waals surface area (Å²) in [5.74, 6) is 0. The zero-order valence-corrected chi connectivity index (χ0v) is 11.3. The average Bonchev–Trinajstić information content (AvgIpc) is 2.11. The molecule has 0 aromatic carbocycles. The van der Waals surface area contributed by atoms with Crippen molar-refractivity contribution in [2.24, 2.45) is 0 Å². The van der Waals surface area contributed by atoms with Crippen molar-refractivity contribution in [2.45, 2.75) is 58.7 Å². The van der Waals surface area contributed by atoms with Gasteiger partial charge in [0.05, 0.1) is 0 Å². The number of rotatable bonds is 8. The molecule has 0 heterocycles. The lowest BCUT2D eigenvalue weighted by molar-refractivity contribution is 0.329. The Morgan fingerprint density at radius 1 is 1.07 bits per heavy atom. The Kier molecular flexibility index (Phi) is 8.19. The van der Waals surface area contributed by atoms with Crippen molar-refractivity contribution in [3.8, 4) is 0 Å². The van der Waals surface area contributed by atoms with Crippen LogP contribution in [-0.2, 0) is 4.43 Å². The molecule has 0 aliphatic carbocycles. The fourth-order valence-electron chi connectivity index (χ4n) is 1.45. The Balaban J connectivity index is 3.46. The molecule has 0 spiro atoms. The summed E-state index contributed by atoms with van der Waals surface area (Å²) in [6, 6.07) is 1.25. The fourth-order valence-corrected chi connectivity index (χ4v) is 3.24. The topological polar surface area (TPSA) is 9.23 Å². The maximum atomic E-state index is 5.76. The molecule has 0 amide bonds. The number of unbranched alkanes of at least 4 members (excludes halogenated alkanes) is 2. The van der Waals surface area contributed by atoms with Crippen LogP contribution in [0.15, 0.2) is 12.2 Å². The lowest BCUT2D eigenvalue weighted by atomic mass is 10.2. The molecule has 0 aliphatic heterocycles. The molecule has 0 N–H and O–H groups in total. The lowest BCUT2D eigenvalue weighted by Crippen LogP contribution is -2.29. The van der Waals surface area contributed by atoms with E-state index in [0.717, 1.165) is 6.61 Å². The Labute approximate surface area is 90.7 Å². The largest absolute Gasteiger partial charge is 0.418 e. The van der Waals surface area contributed by atoms with Gasteiger partial charge in [0.25, 0.3) is 0 Å². The normalized spacial score (nSPS) is 12.6. The van der Waals surface area contributed by atoms with Crippen LogP contribution >= 0.6 is 0 Å². The molecule has 0 atom stereocenters. The van der Waals surface area contributed by atoms with E-state index in [1.807, 2.05) is 0 Å². The van der Waals surface area contributed by atoms with Gasteiger partial charge >= 0.3 is 0 Å². The van der Waals surface area contributed by atoms with E-state index in [-0.39, 0.29) is 0 Å². The van der Waals surface area contributed by atoms with Crippen molar-refractivity contribution in [3.05, 3.63) is 12.2 Å². The standard InChI is InChI=1S/C12H26OSi/c1-5-7-8-9-10-11-12-14(3,4)13-6-2/h9-10H,5-8,11-12H2,1-4H3. The molecule has 0 saturated heterocycles. The quantitative estimate of drug-likeness (QED) is 0.331. The molecule has 0 aliphatic rings. The number of hydrogen-bond acceptors (Lipinski definition) is 1. The number of allylic oxidation sites excluding steroid dienone is 2. The Hall–Kier alpha value is -0.0831. The van der Waals surface area contributed by atoms with Crippen molar-refractivity contribution in [3.63, 3.8) is 0 Å². The maximum absolute atomic E-state index is 5.76. The molecule has 14 heavy (non-hydrogen) atoms. The van der Waals surface area contributed by atoms with Gasteiger partial charge in [0.15, 0.2) is 8.32 Å². The Bertz CT molecular complexity index is 152. The van der Waals surface area contributed by atoms with Crippen molar-refractivity contribution < 1.29 is 4.43 Å². The summed E-state index contributed by atoms with van der Waals surface area (Å²) in [5.41, 5.74) is 0. The van der Waals surface area contributed by atoms with Gasteiger partial charge in [-0.3, -0.25) is 0 Å². The first-order valence-corrected chi connectivity index (χ1v) is 9.03. The van der Waals surface area contributed by atoms with Crippen molar-refractivity contribution in [2.75, 3.05) is 6.61 Å². The highest BCUT2D eigenvalue weighted by atomic mass is 28.4. The third-order valence-electron chi connectivity index (χ3n) is 2.34. The van der Waals surface area contributed by atoms with Gasteiger partial charge in [-0.05, 0) is 38.9 Å². The van der Waals surface area contributed by atoms with Crippen LogP contribution in [0.1, 0.15) is 39.5 Å². The molecular formula is C12H26OSi. The molecule has 0 bridgehead atoms. The second-order valence-corrected chi connectivity index (χ2v) is 8.65. The lowest BCUT2D eigenvalue weighted by Gasteiger charge is -2.20. The van der Waals surface area contributed by atoms with Crippen LogP contribution in [0.4, 0.5) is 0 Å². The van der Waals surface area contributed by atoms with Gasteiger partial charge in [0, 0.05) is 6.61 Å². The molecule has 0 radical (unpaired) electrons. The van der Waals surface area contributed by atoms with E-state index in [9.17, 15) is 0 Å². The van der Waals surface area contributed by atoms with E-state index in [2.05, 4.69) is 39.1 Å². The minimum absolute atomic E-state index is 0.874. The molecule has 0 unspecified atom stereocenters. The molecular weight excluding hydrogens is 188 g/mol. The zero-order chi connectivity index (χ0) is 10.9. The second-order valence-electron chi connectivity index (χ2n) is 4.35. The summed E-state index contributed by atoms with van der Waals surface area (Å²) in [4.78, 5) is 0. The fraction of sp³-hybridized carbons (Fsp3) is 0.833.